The number of carbonyl (C=O) groups excluding carboxylic acids is 3. The fourth-order valence-electron chi connectivity index (χ4n) is 8.58. The molecule has 0 bridgehead atoms. The first-order valence-electron chi connectivity index (χ1n) is 19.0. The average Bonchev–Trinajstić information content (AvgIpc) is 3.51. The van der Waals surface area contributed by atoms with Gasteiger partial charge in [-0.2, -0.15) is 0 Å². The van der Waals surface area contributed by atoms with E-state index in [2.05, 4.69) is 69.4 Å². The number of fused-ring (bicyclic) bond motifs is 2. The second kappa shape index (κ2) is 15.3. The molecule has 4 heterocycles. The molecule has 0 spiro atoms. The Balaban J connectivity index is 0.780. The molecule has 53 heavy (non-hydrogen) atoms. The van der Waals surface area contributed by atoms with Crippen LogP contribution in [-0.2, 0) is 16.1 Å². The van der Waals surface area contributed by atoms with Crippen molar-refractivity contribution < 1.29 is 24.2 Å². The largest absolute Gasteiger partial charge is 0.508 e. The van der Waals surface area contributed by atoms with Crippen LogP contribution in [0.5, 0.6) is 11.5 Å². The molecule has 4 aliphatic rings. The van der Waals surface area contributed by atoms with Gasteiger partial charge in [-0.3, -0.25) is 19.7 Å². The summed E-state index contributed by atoms with van der Waals surface area (Å²) in [6.45, 7) is 5.65. The standard InChI is InChI=1S/C43H47N5O5/c49-34-11-13-36-39(25-34)53-27-37(29-4-2-1-3-5-29)41(36)30-6-9-33(10-7-30)47-22-17-28(18-23-47)16-19-44-20-21-45-32-8-12-35-31(24-32)26-48(43(35)52)38-14-15-40(50)46-42(38)51/h1-13,24-25,28,37-38,41,44-45,49H,14-23,26-27H2,(H,46,50,51)/t37?,38-,41?/m0/s1. The van der Waals surface area contributed by atoms with Crippen LogP contribution >= 0.6 is 0 Å². The number of hydrogen-bond acceptors (Lipinski definition) is 8. The summed E-state index contributed by atoms with van der Waals surface area (Å²) in [4.78, 5) is 40.9. The minimum atomic E-state index is -0.597. The highest BCUT2D eigenvalue weighted by Crippen LogP contribution is 2.47. The summed E-state index contributed by atoms with van der Waals surface area (Å²) in [5, 5.41) is 19.5. The molecule has 2 unspecified atom stereocenters. The second-order valence-electron chi connectivity index (χ2n) is 14.8. The van der Waals surface area contributed by atoms with Crippen LogP contribution in [0.4, 0.5) is 11.4 Å². The molecule has 3 atom stereocenters. The molecule has 4 N–H and O–H groups in total. The molecular formula is C43H47N5O5. The number of benzene rings is 4. The first-order valence-corrected chi connectivity index (χ1v) is 19.0. The molecule has 8 rings (SSSR count). The molecular weight excluding hydrogens is 667 g/mol. The molecule has 4 aromatic rings. The van der Waals surface area contributed by atoms with E-state index in [0.29, 0.717) is 31.1 Å². The number of phenols is 1. The molecule has 2 fully saturated rings. The number of carbonyl (C=O) groups is 3. The Kier molecular flexibility index (Phi) is 10.0. The second-order valence-corrected chi connectivity index (χ2v) is 14.8. The molecule has 2 saturated heterocycles. The van der Waals surface area contributed by atoms with Gasteiger partial charge in [-0.05, 0) is 91.2 Å². The van der Waals surface area contributed by atoms with Crippen molar-refractivity contribution in [2.24, 2.45) is 5.92 Å². The number of aromatic hydroxyl groups is 1. The zero-order valence-electron chi connectivity index (χ0n) is 29.9. The molecule has 4 aromatic carbocycles. The maximum atomic E-state index is 13.0. The first-order chi connectivity index (χ1) is 25.9. The zero-order valence-corrected chi connectivity index (χ0v) is 29.9. The van der Waals surface area contributed by atoms with Crippen LogP contribution in [0.3, 0.4) is 0 Å². The maximum Gasteiger partial charge on any atom is 0.255 e. The van der Waals surface area contributed by atoms with Crippen molar-refractivity contribution in [1.82, 2.24) is 15.5 Å². The molecule has 4 aliphatic heterocycles. The van der Waals surface area contributed by atoms with Gasteiger partial charge in [0.2, 0.25) is 11.8 Å². The highest BCUT2D eigenvalue weighted by Gasteiger charge is 2.39. The SMILES string of the molecule is O=C1CC[C@H](N2Cc3cc(NCCNCCC4CCN(c5ccc(C6c7ccc(O)cc7OCC6c6ccccc6)cc5)CC4)ccc3C2=O)C(=O)N1. The summed E-state index contributed by atoms with van der Waals surface area (Å²) in [6, 6.07) is 30.3. The van der Waals surface area contributed by atoms with Crippen molar-refractivity contribution in [3.05, 3.63) is 119 Å². The van der Waals surface area contributed by atoms with Crippen molar-refractivity contribution in [2.75, 3.05) is 49.5 Å². The first kappa shape index (κ1) is 34.7. The third-order valence-electron chi connectivity index (χ3n) is 11.5. The molecule has 3 amide bonds. The number of ether oxygens (including phenoxy) is 1. The summed E-state index contributed by atoms with van der Waals surface area (Å²) in [5.74, 6) is 1.20. The summed E-state index contributed by atoms with van der Waals surface area (Å²) in [6.07, 6.45) is 4.13. The number of anilines is 2. The maximum absolute atomic E-state index is 13.0. The summed E-state index contributed by atoms with van der Waals surface area (Å²) < 4.78 is 6.15. The number of phenolic OH excluding ortho intramolecular Hbond substituents is 1. The van der Waals surface area contributed by atoms with Crippen molar-refractivity contribution >= 4 is 29.1 Å². The normalized spacial score (nSPS) is 21.5. The predicted octanol–water partition coefficient (Wildman–Crippen LogP) is 5.77. The van der Waals surface area contributed by atoms with Crippen molar-refractivity contribution in [3.8, 4) is 11.5 Å². The highest BCUT2D eigenvalue weighted by molar-refractivity contribution is 6.05. The van der Waals surface area contributed by atoms with E-state index in [4.69, 9.17) is 4.74 Å². The zero-order chi connectivity index (χ0) is 36.3. The lowest BCUT2D eigenvalue weighted by molar-refractivity contribution is -0.136. The van der Waals surface area contributed by atoms with Crippen molar-refractivity contribution in [2.45, 2.75) is 56.5 Å². The number of nitrogens with zero attached hydrogens (tertiary/aromatic N) is 2. The number of piperidine rings is 2. The summed E-state index contributed by atoms with van der Waals surface area (Å²) >= 11 is 0. The van der Waals surface area contributed by atoms with Gasteiger partial charge in [0.15, 0.2) is 0 Å². The smallest absolute Gasteiger partial charge is 0.255 e. The molecule has 274 valence electrons. The van der Waals surface area contributed by atoms with Gasteiger partial charge in [-0.15, -0.1) is 0 Å². The van der Waals surface area contributed by atoms with Gasteiger partial charge in [-0.25, -0.2) is 0 Å². The number of imide groups is 1. The quantitative estimate of drug-likeness (QED) is 0.114. The number of nitrogens with one attached hydrogen (secondary N) is 3. The van der Waals surface area contributed by atoms with Crippen LogP contribution < -0.4 is 25.6 Å². The lowest BCUT2D eigenvalue weighted by Gasteiger charge is -2.36. The van der Waals surface area contributed by atoms with Crippen LogP contribution in [0.2, 0.25) is 0 Å². The van der Waals surface area contributed by atoms with Crippen LogP contribution in [0.15, 0.2) is 91.0 Å². The van der Waals surface area contributed by atoms with Gasteiger partial charge in [0.25, 0.3) is 5.91 Å². The fraction of sp³-hybridized carbons (Fsp3) is 0.372. The topological polar surface area (TPSA) is 123 Å². The Morgan fingerprint density at radius 2 is 1.64 bits per heavy atom. The van der Waals surface area contributed by atoms with Crippen molar-refractivity contribution in [1.29, 1.82) is 0 Å². The molecule has 0 saturated carbocycles. The summed E-state index contributed by atoms with van der Waals surface area (Å²) in [7, 11) is 0. The van der Waals surface area contributed by atoms with Crippen LogP contribution in [0.25, 0.3) is 0 Å². The third-order valence-corrected chi connectivity index (χ3v) is 11.5. The fourth-order valence-corrected chi connectivity index (χ4v) is 8.58. The molecule has 10 heteroatoms. The van der Waals surface area contributed by atoms with Gasteiger partial charge >= 0.3 is 0 Å². The summed E-state index contributed by atoms with van der Waals surface area (Å²) in [5.41, 5.74) is 7.39. The van der Waals surface area contributed by atoms with E-state index in [1.54, 1.807) is 17.0 Å². The van der Waals surface area contributed by atoms with E-state index in [9.17, 15) is 19.5 Å². The molecule has 0 radical (unpaired) electrons. The van der Waals surface area contributed by atoms with Gasteiger partial charge in [0.1, 0.15) is 17.5 Å². The lowest BCUT2D eigenvalue weighted by atomic mass is 9.76. The van der Waals surface area contributed by atoms with E-state index in [1.807, 2.05) is 30.3 Å². The average molecular weight is 714 g/mol. The van der Waals surface area contributed by atoms with Gasteiger partial charge in [0, 0.05) is 79.5 Å². The monoisotopic (exact) mass is 713 g/mol. The number of amides is 3. The van der Waals surface area contributed by atoms with Gasteiger partial charge < -0.3 is 30.3 Å². The minimum absolute atomic E-state index is 0.140. The Bertz CT molecular complexity index is 1960. The van der Waals surface area contributed by atoms with Gasteiger partial charge in [-0.1, -0.05) is 48.5 Å². The number of rotatable bonds is 11. The van der Waals surface area contributed by atoms with Crippen molar-refractivity contribution in [3.63, 3.8) is 0 Å². The Hall–Kier alpha value is -5.35. The number of hydrogen-bond donors (Lipinski definition) is 4. The van der Waals surface area contributed by atoms with E-state index >= 15 is 0 Å². The molecule has 0 aliphatic carbocycles. The van der Waals surface area contributed by atoms with Gasteiger partial charge in [0.05, 0.1) is 6.61 Å². The van der Waals surface area contributed by atoms with Crippen LogP contribution in [0.1, 0.15) is 76.6 Å². The third kappa shape index (κ3) is 7.46. The van der Waals surface area contributed by atoms with E-state index in [1.165, 1.54) is 29.7 Å². The van der Waals surface area contributed by atoms with E-state index < -0.39 is 6.04 Å². The Labute approximate surface area is 310 Å². The van der Waals surface area contributed by atoms with E-state index in [0.717, 1.165) is 61.7 Å². The molecule has 0 aromatic heterocycles. The Morgan fingerprint density at radius 1 is 0.830 bits per heavy atom. The Morgan fingerprint density at radius 3 is 2.43 bits per heavy atom. The van der Waals surface area contributed by atoms with Crippen LogP contribution in [0, 0.1) is 5.92 Å². The lowest BCUT2D eigenvalue weighted by Crippen LogP contribution is -2.52. The minimum Gasteiger partial charge on any atom is -0.508 e. The predicted molar refractivity (Wildman–Crippen MR) is 204 cm³/mol. The highest BCUT2D eigenvalue weighted by atomic mass is 16.5. The van der Waals surface area contributed by atoms with E-state index in [-0.39, 0.29) is 41.7 Å². The molecule has 10 nitrogen and oxygen atoms in total. The van der Waals surface area contributed by atoms with Crippen LogP contribution in [-0.4, -0.2) is 73.1 Å².